The molecule has 1 aliphatic rings. The molecule has 1 saturated carbocycles. The maximum absolute atomic E-state index is 13.8. The van der Waals surface area contributed by atoms with Gasteiger partial charge in [-0.2, -0.15) is 0 Å². The van der Waals surface area contributed by atoms with Crippen molar-refractivity contribution in [1.29, 1.82) is 0 Å². The Morgan fingerprint density at radius 2 is 1.72 bits per heavy atom. The molecule has 1 aliphatic carbocycles. The Bertz CT molecular complexity index is 745. The Balaban J connectivity index is 1.56. The minimum absolute atomic E-state index is 0.142. The molecule has 0 unspecified atom stereocenters. The molecular weight excluding hydrogens is 329 g/mol. The number of amides is 1. The Hall–Kier alpha value is -2.34. The molecule has 3 rings (SSSR count). The van der Waals surface area contributed by atoms with Crippen LogP contribution >= 0.6 is 0 Å². The minimum Gasteiger partial charge on any atom is -0.351 e. The van der Waals surface area contributed by atoms with Crippen LogP contribution in [0, 0.1) is 17.5 Å². The molecule has 0 aromatic heterocycles. The molecule has 2 aromatic rings. The molecule has 2 aromatic carbocycles. The highest BCUT2D eigenvalue weighted by atomic mass is 19.1. The SMILES string of the molecule is O=C(CN(Cc1ccc(F)cc1F)C1CC1)NCc1ccc(F)cc1. The van der Waals surface area contributed by atoms with Crippen LogP contribution in [-0.4, -0.2) is 23.4 Å². The molecule has 1 amide bonds. The summed E-state index contributed by atoms with van der Waals surface area (Å²) in [5, 5.41) is 2.78. The molecule has 0 radical (unpaired) electrons. The summed E-state index contributed by atoms with van der Waals surface area (Å²) in [6.45, 7) is 0.714. The number of rotatable bonds is 7. The van der Waals surface area contributed by atoms with E-state index >= 15 is 0 Å². The summed E-state index contributed by atoms with van der Waals surface area (Å²) in [5.41, 5.74) is 1.18. The second kappa shape index (κ2) is 7.70. The van der Waals surface area contributed by atoms with E-state index in [9.17, 15) is 18.0 Å². The van der Waals surface area contributed by atoms with Gasteiger partial charge >= 0.3 is 0 Å². The van der Waals surface area contributed by atoms with Crippen molar-refractivity contribution in [2.24, 2.45) is 0 Å². The first-order chi connectivity index (χ1) is 12.0. The fraction of sp³-hybridized carbons (Fsp3) is 0.316. The maximum atomic E-state index is 13.8. The lowest BCUT2D eigenvalue weighted by atomic mass is 10.2. The van der Waals surface area contributed by atoms with Gasteiger partial charge < -0.3 is 5.32 Å². The summed E-state index contributed by atoms with van der Waals surface area (Å²) < 4.78 is 39.7. The number of carbonyl (C=O) groups excluding carboxylic acids is 1. The lowest BCUT2D eigenvalue weighted by molar-refractivity contribution is -0.122. The fourth-order valence-corrected chi connectivity index (χ4v) is 2.67. The zero-order valence-corrected chi connectivity index (χ0v) is 13.6. The number of hydrogen-bond donors (Lipinski definition) is 1. The largest absolute Gasteiger partial charge is 0.351 e. The maximum Gasteiger partial charge on any atom is 0.234 e. The van der Waals surface area contributed by atoms with E-state index in [0.29, 0.717) is 12.1 Å². The normalized spacial score (nSPS) is 13.9. The summed E-state index contributed by atoms with van der Waals surface area (Å²) in [6.07, 6.45) is 1.93. The molecular formula is C19H19F3N2O. The van der Waals surface area contributed by atoms with Crippen molar-refractivity contribution < 1.29 is 18.0 Å². The van der Waals surface area contributed by atoms with Crippen molar-refractivity contribution in [3.63, 3.8) is 0 Å². The summed E-state index contributed by atoms with van der Waals surface area (Å²) in [7, 11) is 0. The summed E-state index contributed by atoms with van der Waals surface area (Å²) in [6, 6.07) is 9.65. The van der Waals surface area contributed by atoms with Crippen molar-refractivity contribution in [3.05, 3.63) is 71.0 Å². The number of nitrogens with zero attached hydrogens (tertiary/aromatic N) is 1. The van der Waals surface area contributed by atoms with Crippen LogP contribution in [0.15, 0.2) is 42.5 Å². The topological polar surface area (TPSA) is 32.3 Å². The fourth-order valence-electron chi connectivity index (χ4n) is 2.67. The molecule has 132 valence electrons. The van der Waals surface area contributed by atoms with Gasteiger partial charge in [-0.05, 0) is 36.6 Å². The molecule has 0 aliphatic heterocycles. The predicted octanol–water partition coefficient (Wildman–Crippen LogP) is 3.38. The highest BCUT2D eigenvalue weighted by Crippen LogP contribution is 2.28. The number of benzene rings is 2. The number of nitrogens with one attached hydrogen (secondary N) is 1. The van der Waals surface area contributed by atoms with E-state index in [1.165, 1.54) is 24.3 Å². The van der Waals surface area contributed by atoms with Gasteiger partial charge in [0.1, 0.15) is 17.5 Å². The molecule has 0 saturated heterocycles. The van der Waals surface area contributed by atoms with Gasteiger partial charge in [-0.1, -0.05) is 18.2 Å². The van der Waals surface area contributed by atoms with Crippen LogP contribution in [0.1, 0.15) is 24.0 Å². The smallest absolute Gasteiger partial charge is 0.234 e. The monoisotopic (exact) mass is 348 g/mol. The molecule has 25 heavy (non-hydrogen) atoms. The lowest BCUT2D eigenvalue weighted by Gasteiger charge is -2.21. The molecule has 0 bridgehead atoms. The first-order valence-electron chi connectivity index (χ1n) is 8.20. The Labute approximate surface area is 144 Å². The Kier molecular flexibility index (Phi) is 5.38. The van der Waals surface area contributed by atoms with Crippen LogP contribution in [0.5, 0.6) is 0 Å². The molecule has 0 atom stereocenters. The molecule has 1 N–H and O–H groups in total. The standard InChI is InChI=1S/C19H19F3N2O/c20-15-4-1-13(2-5-15)10-23-19(25)12-24(17-7-8-17)11-14-3-6-16(21)9-18(14)22/h1-6,9,17H,7-8,10-12H2,(H,23,25). The highest BCUT2D eigenvalue weighted by Gasteiger charge is 2.30. The van der Waals surface area contributed by atoms with Crippen molar-refractivity contribution in [1.82, 2.24) is 10.2 Å². The van der Waals surface area contributed by atoms with Crippen LogP contribution in [0.3, 0.4) is 0 Å². The van der Waals surface area contributed by atoms with Gasteiger partial charge in [0.15, 0.2) is 0 Å². The third-order valence-electron chi connectivity index (χ3n) is 4.20. The van der Waals surface area contributed by atoms with E-state index in [4.69, 9.17) is 0 Å². The molecule has 6 heteroatoms. The third-order valence-corrected chi connectivity index (χ3v) is 4.20. The van der Waals surface area contributed by atoms with Gasteiger partial charge in [-0.15, -0.1) is 0 Å². The molecule has 1 fully saturated rings. The van der Waals surface area contributed by atoms with Crippen molar-refractivity contribution >= 4 is 5.91 Å². The second-order valence-corrected chi connectivity index (χ2v) is 6.28. The number of carbonyl (C=O) groups is 1. The zero-order chi connectivity index (χ0) is 17.8. The second-order valence-electron chi connectivity index (χ2n) is 6.28. The van der Waals surface area contributed by atoms with Crippen molar-refractivity contribution in [2.45, 2.75) is 32.0 Å². The van der Waals surface area contributed by atoms with E-state index in [2.05, 4.69) is 5.32 Å². The van der Waals surface area contributed by atoms with E-state index < -0.39 is 11.6 Å². The molecule has 0 spiro atoms. The van der Waals surface area contributed by atoms with Crippen LogP contribution < -0.4 is 5.32 Å². The van der Waals surface area contributed by atoms with Crippen LogP contribution in [-0.2, 0) is 17.9 Å². The highest BCUT2D eigenvalue weighted by molar-refractivity contribution is 5.78. The van der Waals surface area contributed by atoms with Gasteiger partial charge in [0.2, 0.25) is 5.91 Å². The summed E-state index contributed by atoms with van der Waals surface area (Å²) >= 11 is 0. The lowest BCUT2D eigenvalue weighted by Crippen LogP contribution is -2.38. The quantitative estimate of drug-likeness (QED) is 0.832. The van der Waals surface area contributed by atoms with Crippen LogP contribution in [0.25, 0.3) is 0 Å². The summed E-state index contributed by atoms with van der Waals surface area (Å²) in [4.78, 5) is 14.1. The van der Waals surface area contributed by atoms with Gasteiger partial charge in [0.05, 0.1) is 6.54 Å². The van der Waals surface area contributed by atoms with Gasteiger partial charge in [0.25, 0.3) is 0 Å². The third kappa shape index (κ3) is 5.06. The van der Waals surface area contributed by atoms with Gasteiger partial charge in [-0.3, -0.25) is 9.69 Å². The van der Waals surface area contributed by atoms with Crippen molar-refractivity contribution in [2.75, 3.05) is 6.54 Å². The van der Waals surface area contributed by atoms with Gasteiger partial charge in [-0.25, -0.2) is 13.2 Å². The zero-order valence-electron chi connectivity index (χ0n) is 13.6. The van der Waals surface area contributed by atoms with E-state index in [1.54, 1.807) is 12.1 Å². The van der Waals surface area contributed by atoms with Crippen LogP contribution in [0.4, 0.5) is 13.2 Å². The van der Waals surface area contributed by atoms with Crippen molar-refractivity contribution in [3.8, 4) is 0 Å². The molecule has 0 heterocycles. The van der Waals surface area contributed by atoms with E-state index in [-0.39, 0.29) is 30.9 Å². The number of halogens is 3. The Morgan fingerprint density at radius 1 is 1.04 bits per heavy atom. The average Bonchev–Trinajstić information content (AvgIpc) is 3.41. The first-order valence-corrected chi connectivity index (χ1v) is 8.20. The van der Waals surface area contributed by atoms with Crippen LogP contribution in [0.2, 0.25) is 0 Å². The van der Waals surface area contributed by atoms with Gasteiger partial charge in [0, 0.05) is 30.8 Å². The summed E-state index contributed by atoms with van der Waals surface area (Å²) in [5.74, 6) is -1.72. The first kappa shape index (κ1) is 17.5. The molecule has 3 nitrogen and oxygen atoms in total. The predicted molar refractivity (Wildman–Crippen MR) is 88.0 cm³/mol. The average molecular weight is 348 g/mol. The number of hydrogen-bond acceptors (Lipinski definition) is 2. The Morgan fingerprint density at radius 3 is 2.36 bits per heavy atom. The minimum atomic E-state index is -0.615. The van der Waals surface area contributed by atoms with E-state index in [0.717, 1.165) is 24.5 Å². The van der Waals surface area contributed by atoms with E-state index in [1.807, 2.05) is 4.90 Å².